The Kier molecular flexibility index (Phi) is 4.62. The first-order chi connectivity index (χ1) is 7.83. The zero-order valence-corrected chi connectivity index (χ0v) is 10.6. The highest BCUT2D eigenvalue weighted by Gasteiger charge is 2.27. The lowest BCUT2D eigenvalue weighted by molar-refractivity contribution is 0.153. The first-order valence-corrected chi connectivity index (χ1v) is 6.99. The second kappa shape index (κ2) is 5.99. The molecule has 0 bridgehead atoms. The summed E-state index contributed by atoms with van der Waals surface area (Å²) >= 11 is 0. The third-order valence-corrected chi connectivity index (χ3v) is 4.29. The summed E-state index contributed by atoms with van der Waals surface area (Å²) in [6, 6.07) is 0.824. The van der Waals surface area contributed by atoms with Crippen molar-refractivity contribution in [1.82, 2.24) is 10.2 Å². The van der Waals surface area contributed by atoms with Gasteiger partial charge in [0.25, 0.3) is 0 Å². The largest absolute Gasteiger partial charge is 0.330 e. The van der Waals surface area contributed by atoms with Crippen LogP contribution in [0.5, 0.6) is 0 Å². The van der Waals surface area contributed by atoms with Crippen molar-refractivity contribution >= 4 is 0 Å². The van der Waals surface area contributed by atoms with E-state index in [9.17, 15) is 0 Å². The number of piperidine rings is 1. The third kappa shape index (κ3) is 3.44. The maximum Gasteiger partial charge on any atom is 0.00683 e. The van der Waals surface area contributed by atoms with Crippen LogP contribution in [0.25, 0.3) is 0 Å². The lowest BCUT2D eigenvalue weighted by atomic mass is 9.84. The van der Waals surface area contributed by atoms with Crippen LogP contribution in [-0.4, -0.2) is 43.7 Å². The average molecular weight is 225 g/mol. The van der Waals surface area contributed by atoms with E-state index in [1.54, 1.807) is 0 Å². The normalized spacial score (nSPS) is 25.9. The Balaban J connectivity index is 1.71. The summed E-state index contributed by atoms with van der Waals surface area (Å²) in [5.41, 5.74) is 5.92. The Hall–Kier alpha value is -0.120. The second-order valence-electron chi connectivity index (χ2n) is 5.45. The molecule has 1 saturated heterocycles. The molecule has 2 fully saturated rings. The summed E-state index contributed by atoms with van der Waals surface area (Å²) in [7, 11) is 0. The van der Waals surface area contributed by atoms with Gasteiger partial charge in [-0.2, -0.15) is 0 Å². The summed E-state index contributed by atoms with van der Waals surface area (Å²) in [6.07, 6.45) is 5.46. The van der Waals surface area contributed by atoms with Crippen molar-refractivity contribution in [3.8, 4) is 0 Å². The van der Waals surface area contributed by atoms with Gasteiger partial charge in [0.05, 0.1) is 0 Å². The number of nitrogens with two attached hydrogens (primary N) is 1. The lowest BCUT2D eigenvalue weighted by Crippen LogP contribution is -2.41. The van der Waals surface area contributed by atoms with Crippen LogP contribution >= 0.6 is 0 Å². The second-order valence-corrected chi connectivity index (χ2v) is 5.45. The van der Waals surface area contributed by atoms with Crippen LogP contribution in [0.4, 0.5) is 0 Å². The maximum absolute atomic E-state index is 5.92. The highest BCUT2D eigenvalue weighted by atomic mass is 15.1. The van der Waals surface area contributed by atoms with Crippen molar-refractivity contribution in [2.75, 3.05) is 32.7 Å². The van der Waals surface area contributed by atoms with Crippen LogP contribution in [-0.2, 0) is 0 Å². The van der Waals surface area contributed by atoms with Gasteiger partial charge >= 0.3 is 0 Å². The molecule has 3 heteroatoms. The molecule has 1 heterocycles. The van der Waals surface area contributed by atoms with Gasteiger partial charge in [-0.25, -0.2) is 0 Å². The summed E-state index contributed by atoms with van der Waals surface area (Å²) < 4.78 is 0. The Labute approximate surface area is 99.8 Å². The molecule has 0 spiro atoms. The van der Waals surface area contributed by atoms with E-state index in [4.69, 9.17) is 5.73 Å². The van der Waals surface area contributed by atoms with Gasteiger partial charge < -0.3 is 16.0 Å². The standard InChI is InChI=1S/C13H27N3/c1-2-16-7-5-11(6-8-16)12(9-14)10-15-13-3-4-13/h11-13,15H,2-10,14H2,1H3. The van der Waals surface area contributed by atoms with Crippen LogP contribution in [0, 0.1) is 11.8 Å². The van der Waals surface area contributed by atoms with Crippen molar-refractivity contribution < 1.29 is 0 Å². The molecule has 1 aliphatic heterocycles. The Morgan fingerprint density at radius 2 is 1.94 bits per heavy atom. The number of hydrogen-bond donors (Lipinski definition) is 2. The van der Waals surface area contributed by atoms with Crippen molar-refractivity contribution in [3.63, 3.8) is 0 Å². The Morgan fingerprint density at radius 3 is 2.44 bits per heavy atom. The number of nitrogens with zero attached hydrogens (tertiary/aromatic N) is 1. The van der Waals surface area contributed by atoms with Crippen LogP contribution in [0.2, 0.25) is 0 Å². The molecule has 0 aromatic rings. The van der Waals surface area contributed by atoms with E-state index >= 15 is 0 Å². The molecule has 1 aliphatic carbocycles. The molecule has 0 amide bonds. The van der Waals surface area contributed by atoms with Gasteiger partial charge in [0.2, 0.25) is 0 Å². The van der Waals surface area contributed by atoms with E-state index in [1.807, 2.05) is 0 Å². The van der Waals surface area contributed by atoms with Crippen molar-refractivity contribution in [2.24, 2.45) is 17.6 Å². The molecule has 94 valence electrons. The minimum Gasteiger partial charge on any atom is -0.330 e. The summed E-state index contributed by atoms with van der Waals surface area (Å²) in [6.45, 7) is 8.03. The van der Waals surface area contributed by atoms with Gasteiger partial charge in [-0.05, 0) is 70.2 Å². The molecule has 16 heavy (non-hydrogen) atoms. The van der Waals surface area contributed by atoms with Crippen molar-refractivity contribution in [3.05, 3.63) is 0 Å². The summed E-state index contributed by atoms with van der Waals surface area (Å²) in [4.78, 5) is 2.55. The molecule has 1 saturated carbocycles. The predicted octanol–water partition coefficient (Wildman–Crippen LogP) is 1.05. The molecule has 0 aromatic heterocycles. The summed E-state index contributed by atoms with van der Waals surface area (Å²) in [5.74, 6) is 1.57. The van der Waals surface area contributed by atoms with Gasteiger partial charge in [-0.3, -0.25) is 0 Å². The molecule has 2 rings (SSSR count). The van der Waals surface area contributed by atoms with E-state index < -0.39 is 0 Å². The minimum atomic E-state index is 0.708. The molecule has 0 radical (unpaired) electrons. The quantitative estimate of drug-likeness (QED) is 0.710. The highest BCUT2D eigenvalue weighted by molar-refractivity contribution is 4.85. The fourth-order valence-electron chi connectivity index (χ4n) is 2.79. The van der Waals surface area contributed by atoms with E-state index in [1.165, 1.54) is 45.3 Å². The zero-order valence-electron chi connectivity index (χ0n) is 10.6. The smallest absolute Gasteiger partial charge is 0.00683 e. The van der Waals surface area contributed by atoms with Gasteiger partial charge in [0.1, 0.15) is 0 Å². The van der Waals surface area contributed by atoms with E-state index in [0.717, 1.165) is 25.0 Å². The third-order valence-electron chi connectivity index (χ3n) is 4.29. The van der Waals surface area contributed by atoms with Gasteiger partial charge in [0.15, 0.2) is 0 Å². The number of nitrogens with one attached hydrogen (secondary N) is 1. The monoisotopic (exact) mass is 225 g/mol. The summed E-state index contributed by atoms with van der Waals surface area (Å²) in [5, 5.41) is 3.64. The molecule has 3 N–H and O–H groups in total. The molecule has 1 atom stereocenters. The lowest BCUT2D eigenvalue weighted by Gasteiger charge is -2.35. The molecule has 3 nitrogen and oxygen atoms in total. The number of hydrogen-bond acceptors (Lipinski definition) is 3. The van der Waals surface area contributed by atoms with E-state index in [-0.39, 0.29) is 0 Å². The molecule has 2 aliphatic rings. The zero-order chi connectivity index (χ0) is 11.4. The van der Waals surface area contributed by atoms with Crippen LogP contribution < -0.4 is 11.1 Å². The van der Waals surface area contributed by atoms with Crippen LogP contribution in [0.1, 0.15) is 32.6 Å². The fraction of sp³-hybridized carbons (Fsp3) is 1.00. The van der Waals surface area contributed by atoms with Crippen LogP contribution in [0.3, 0.4) is 0 Å². The molecular weight excluding hydrogens is 198 g/mol. The average Bonchev–Trinajstić information content (AvgIpc) is 3.15. The Bertz CT molecular complexity index is 195. The first-order valence-electron chi connectivity index (χ1n) is 6.99. The van der Waals surface area contributed by atoms with E-state index in [2.05, 4.69) is 17.1 Å². The maximum atomic E-state index is 5.92. The van der Waals surface area contributed by atoms with Crippen LogP contribution in [0.15, 0.2) is 0 Å². The van der Waals surface area contributed by atoms with Gasteiger partial charge in [-0.15, -0.1) is 0 Å². The molecule has 1 unspecified atom stereocenters. The molecule has 0 aromatic carbocycles. The first kappa shape index (κ1) is 12.3. The highest BCUT2D eigenvalue weighted by Crippen LogP contribution is 2.25. The van der Waals surface area contributed by atoms with Gasteiger partial charge in [0, 0.05) is 6.04 Å². The Morgan fingerprint density at radius 1 is 1.25 bits per heavy atom. The predicted molar refractivity (Wildman–Crippen MR) is 68.4 cm³/mol. The SMILES string of the molecule is CCN1CCC(C(CN)CNC2CC2)CC1. The minimum absolute atomic E-state index is 0.708. The number of rotatable bonds is 6. The van der Waals surface area contributed by atoms with E-state index in [0.29, 0.717) is 5.92 Å². The topological polar surface area (TPSA) is 41.3 Å². The fourth-order valence-corrected chi connectivity index (χ4v) is 2.79. The van der Waals surface area contributed by atoms with Crippen molar-refractivity contribution in [2.45, 2.75) is 38.6 Å². The number of likely N-dealkylation sites (tertiary alicyclic amines) is 1. The van der Waals surface area contributed by atoms with Gasteiger partial charge in [-0.1, -0.05) is 6.92 Å². The van der Waals surface area contributed by atoms with Crippen molar-refractivity contribution in [1.29, 1.82) is 0 Å². The molecular formula is C13H27N3.